The predicted octanol–water partition coefficient (Wildman–Crippen LogP) is 5.55. The molecule has 4 nitrogen and oxygen atoms in total. The summed E-state index contributed by atoms with van der Waals surface area (Å²) in [6, 6.07) is 27.0. The minimum atomic E-state index is 0.571. The van der Waals surface area contributed by atoms with Gasteiger partial charge in [-0.2, -0.15) is 0 Å². The number of nitrogens with zero attached hydrogens (tertiary/aromatic N) is 2. The SMILES string of the molecule is Cc1ccc(CCCN2CCN(CCOCc3ccccc3Oc3ccccc3)CC2)cc1. The van der Waals surface area contributed by atoms with Crippen molar-refractivity contribution in [2.75, 3.05) is 45.9 Å². The molecule has 0 aromatic heterocycles. The molecule has 3 aromatic rings. The molecule has 0 radical (unpaired) electrons. The fourth-order valence-corrected chi connectivity index (χ4v) is 4.21. The quantitative estimate of drug-likeness (QED) is 0.362. The number of hydrogen-bond acceptors (Lipinski definition) is 4. The molecule has 0 spiro atoms. The van der Waals surface area contributed by atoms with Gasteiger partial charge in [-0.15, -0.1) is 0 Å². The zero-order valence-corrected chi connectivity index (χ0v) is 19.8. The normalized spacial score (nSPS) is 14.9. The van der Waals surface area contributed by atoms with Gasteiger partial charge in [0.15, 0.2) is 0 Å². The molecule has 0 N–H and O–H groups in total. The Bertz CT molecular complexity index is 951. The lowest BCUT2D eigenvalue weighted by molar-refractivity contribution is 0.0676. The van der Waals surface area contributed by atoms with Crippen LogP contribution >= 0.6 is 0 Å². The van der Waals surface area contributed by atoms with E-state index in [0.29, 0.717) is 6.61 Å². The molecule has 0 amide bonds. The van der Waals surface area contributed by atoms with Crippen molar-refractivity contribution < 1.29 is 9.47 Å². The molecule has 1 fully saturated rings. The number of rotatable bonds is 11. The van der Waals surface area contributed by atoms with Gasteiger partial charge in [0, 0.05) is 38.3 Å². The summed E-state index contributed by atoms with van der Waals surface area (Å²) in [6.07, 6.45) is 2.40. The molecule has 0 saturated carbocycles. The molecule has 4 rings (SSSR count). The largest absolute Gasteiger partial charge is 0.457 e. The highest BCUT2D eigenvalue weighted by Crippen LogP contribution is 2.25. The molecule has 3 aromatic carbocycles. The van der Waals surface area contributed by atoms with E-state index in [1.54, 1.807) is 0 Å². The van der Waals surface area contributed by atoms with E-state index in [-0.39, 0.29) is 0 Å². The minimum absolute atomic E-state index is 0.571. The van der Waals surface area contributed by atoms with Gasteiger partial charge >= 0.3 is 0 Å². The number of hydrogen-bond donors (Lipinski definition) is 0. The Morgan fingerprint density at radius 3 is 2.15 bits per heavy atom. The second-order valence-corrected chi connectivity index (χ2v) is 8.85. The van der Waals surface area contributed by atoms with Crippen LogP contribution in [0.5, 0.6) is 11.5 Å². The molecule has 1 aliphatic heterocycles. The van der Waals surface area contributed by atoms with Crippen LogP contribution in [-0.4, -0.2) is 55.7 Å². The smallest absolute Gasteiger partial charge is 0.132 e. The Morgan fingerprint density at radius 2 is 1.39 bits per heavy atom. The first-order valence-corrected chi connectivity index (χ1v) is 12.1. The van der Waals surface area contributed by atoms with E-state index in [9.17, 15) is 0 Å². The Balaban J connectivity index is 1.11. The number of aryl methyl sites for hydroxylation is 2. The zero-order valence-electron chi connectivity index (χ0n) is 19.8. The lowest BCUT2D eigenvalue weighted by Crippen LogP contribution is -2.47. The van der Waals surface area contributed by atoms with Crippen molar-refractivity contribution in [2.24, 2.45) is 0 Å². The summed E-state index contributed by atoms with van der Waals surface area (Å²) in [5, 5.41) is 0. The van der Waals surface area contributed by atoms with Gasteiger partial charge in [0.25, 0.3) is 0 Å². The van der Waals surface area contributed by atoms with E-state index in [1.807, 2.05) is 48.5 Å². The van der Waals surface area contributed by atoms with Gasteiger partial charge in [0.2, 0.25) is 0 Å². The zero-order chi connectivity index (χ0) is 22.7. The topological polar surface area (TPSA) is 24.9 Å². The molecule has 1 saturated heterocycles. The summed E-state index contributed by atoms with van der Waals surface area (Å²) in [5.41, 5.74) is 3.87. The number of ether oxygens (including phenoxy) is 2. The monoisotopic (exact) mass is 444 g/mol. The van der Waals surface area contributed by atoms with Crippen molar-refractivity contribution in [2.45, 2.75) is 26.4 Å². The molecule has 1 aliphatic rings. The van der Waals surface area contributed by atoms with Gasteiger partial charge in [0.1, 0.15) is 11.5 Å². The highest BCUT2D eigenvalue weighted by Gasteiger charge is 2.16. The maximum Gasteiger partial charge on any atom is 0.132 e. The van der Waals surface area contributed by atoms with E-state index in [4.69, 9.17) is 9.47 Å². The molecular weight excluding hydrogens is 408 g/mol. The van der Waals surface area contributed by atoms with Crippen molar-refractivity contribution >= 4 is 0 Å². The summed E-state index contributed by atoms with van der Waals surface area (Å²) >= 11 is 0. The van der Waals surface area contributed by atoms with Crippen LogP contribution in [0.1, 0.15) is 23.1 Å². The summed E-state index contributed by atoms with van der Waals surface area (Å²) in [6.45, 7) is 10.2. The summed E-state index contributed by atoms with van der Waals surface area (Å²) < 4.78 is 12.1. The van der Waals surface area contributed by atoms with Crippen LogP contribution in [0.15, 0.2) is 78.9 Å². The molecule has 174 valence electrons. The van der Waals surface area contributed by atoms with E-state index in [1.165, 1.54) is 30.5 Å². The average molecular weight is 445 g/mol. The molecule has 0 bridgehead atoms. The van der Waals surface area contributed by atoms with Crippen molar-refractivity contribution in [3.8, 4) is 11.5 Å². The van der Waals surface area contributed by atoms with E-state index in [2.05, 4.69) is 47.1 Å². The van der Waals surface area contributed by atoms with E-state index < -0.39 is 0 Å². The summed E-state index contributed by atoms with van der Waals surface area (Å²) in [5.74, 6) is 1.71. The molecule has 33 heavy (non-hydrogen) atoms. The van der Waals surface area contributed by atoms with Crippen LogP contribution in [-0.2, 0) is 17.8 Å². The van der Waals surface area contributed by atoms with Crippen LogP contribution in [0.25, 0.3) is 0 Å². The highest BCUT2D eigenvalue weighted by atomic mass is 16.5. The number of piperazine rings is 1. The number of benzene rings is 3. The fourth-order valence-electron chi connectivity index (χ4n) is 4.21. The first-order valence-electron chi connectivity index (χ1n) is 12.1. The van der Waals surface area contributed by atoms with Crippen LogP contribution in [0.2, 0.25) is 0 Å². The van der Waals surface area contributed by atoms with E-state index >= 15 is 0 Å². The van der Waals surface area contributed by atoms with Gasteiger partial charge in [-0.25, -0.2) is 0 Å². The second-order valence-electron chi connectivity index (χ2n) is 8.85. The Kier molecular flexibility index (Phi) is 8.93. The standard InChI is InChI=1S/C29H36N2O2/c1-25-13-15-26(16-14-25)8-7-17-30-18-20-31(21-19-30)22-23-32-24-27-9-5-6-12-29(27)33-28-10-3-2-4-11-28/h2-6,9-16H,7-8,17-24H2,1H3. The van der Waals surface area contributed by atoms with Crippen molar-refractivity contribution in [3.63, 3.8) is 0 Å². The Labute approximate surface area is 198 Å². The first-order chi connectivity index (χ1) is 16.3. The summed E-state index contributed by atoms with van der Waals surface area (Å²) in [7, 11) is 0. The molecule has 0 unspecified atom stereocenters. The summed E-state index contributed by atoms with van der Waals surface area (Å²) in [4.78, 5) is 5.12. The third kappa shape index (κ3) is 7.71. The molecular formula is C29H36N2O2. The van der Waals surface area contributed by atoms with Gasteiger partial charge < -0.3 is 14.4 Å². The number of para-hydroxylation sites is 2. The second kappa shape index (κ2) is 12.5. The van der Waals surface area contributed by atoms with Crippen LogP contribution < -0.4 is 4.74 Å². The minimum Gasteiger partial charge on any atom is -0.457 e. The molecule has 1 heterocycles. The van der Waals surface area contributed by atoms with Crippen LogP contribution in [0.4, 0.5) is 0 Å². The third-order valence-electron chi connectivity index (χ3n) is 6.28. The van der Waals surface area contributed by atoms with Crippen LogP contribution in [0.3, 0.4) is 0 Å². The van der Waals surface area contributed by atoms with E-state index in [0.717, 1.165) is 56.4 Å². The molecule has 4 heteroatoms. The van der Waals surface area contributed by atoms with Crippen molar-refractivity contribution in [1.29, 1.82) is 0 Å². The van der Waals surface area contributed by atoms with Gasteiger partial charge in [-0.3, -0.25) is 4.90 Å². The molecule has 0 aliphatic carbocycles. The maximum atomic E-state index is 6.04. The Hall–Kier alpha value is -2.66. The third-order valence-corrected chi connectivity index (χ3v) is 6.28. The lowest BCUT2D eigenvalue weighted by atomic mass is 10.1. The predicted molar refractivity (Wildman–Crippen MR) is 135 cm³/mol. The van der Waals surface area contributed by atoms with Crippen molar-refractivity contribution in [1.82, 2.24) is 9.80 Å². The average Bonchev–Trinajstić information content (AvgIpc) is 2.85. The maximum absolute atomic E-state index is 6.04. The molecule has 0 atom stereocenters. The Morgan fingerprint density at radius 1 is 0.727 bits per heavy atom. The highest BCUT2D eigenvalue weighted by molar-refractivity contribution is 5.37. The lowest BCUT2D eigenvalue weighted by Gasteiger charge is -2.34. The van der Waals surface area contributed by atoms with Crippen LogP contribution in [0, 0.1) is 6.92 Å². The first kappa shape index (κ1) is 23.5. The fraction of sp³-hybridized carbons (Fsp3) is 0.379. The van der Waals surface area contributed by atoms with Gasteiger partial charge in [0.05, 0.1) is 13.2 Å². The van der Waals surface area contributed by atoms with Gasteiger partial charge in [-0.05, 0) is 50.1 Å². The van der Waals surface area contributed by atoms with Crippen molar-refractivity contribution in [3.05, 3.63) is 95.6 Å². The van der Waals surface area contributed by atoms with Gasteiger partial charge in [-0.1, -0.05) is 66.2 Å².